The summed E-state index contributed by atoms with van der Waals surface area (Å²) in [4.78, 5) is 42.6. The van der Waals surface area contributed by atoms with Crippen LogP contribution in [0.5, 0.6) is 5.75 Å². The van der Waals surface area contributed by atoms with E-state index >= 15 is 0 Å². The van der Waals surface area contributed by atoms with Gasteiger partial charge in [-0.15, -0.1) is 0 Å². The lowest BCUT2D eigenvalue weighted by molar-refractivity contribution is -0.137. The van der Waals surface area contributed by atoms with Crippen LogP contribution in [0.2, 0.25) is 0 Å². The van der Waals surface area contributed by atoms with Crippen molar-refractivity contribution in [2.24, 2.45) is 5.92 Å². The second-order valence-corrected chi connectivity index (χ2v) is 12.2. The minimum Gasteiger partial charge on any atom is -0.488 e. The molecule has 1 aliphatic rings. The summed E-state index contributed by atoms with van der Waals surface area (Å²) < 4.78 is 45.3. The van der Waals surface area contributed by atoms with Crippen LogP contribution in [0.4, 0.5) is 39.8 Å². The zero-order valence-electron chi connectivity index (χ0n) is 27.3. The summed E-state index contributed by atoms with van der Waals surface area (Å²) in [6.07, 6.45) is -5.19. The monoisotopic (exact) mass is 677 g/mol. The van der Waals surface area contributed by atoms with Crippen LogP contribution < -0.4 is 20.7 Å². The van der Waals surface area contributed by atoms with Gasteiger partial charge in [0.2, 0.25) is 5.91 Å². The molecule has 10 nitrogen and oxygen atoms in total. The SMILES string of the molecule is C[C@@H]1CN([C@H](C)CO)C(=O)Cc2cc(NC(=O)Nc3cccc4ccccc34)ccc2O[C@@H]1CN(C)C(=O)Nc1ccc(C(F)(F)F)cc1. The minimum atomic E-state index is -4.50. The Morgan fingerprint density at radius 1 is 0.980 bits per heavy atom. The van der Waals surface area contributed by atoms with Gasteiger partial charge in [-0.2, -0.15) is 13.2 Å². The van der Waals surface area contributed by atoms with E-state index in [2.05, 4.69) is 16.0 Å². The van der Waals surface area contributed by atoms with Crippen LogP contribution in [0.1, 0.15) is 25.0 Å². The average molecular weight is 678 g/mol. The maximum Gasteiger partial charge on any atom is 0.416 e. The number of rotatable bonds is 7. The summed E-state index contributed by atoms with van der Waals surface area (Å²) in [6.45, 7) is 3.64. The molecule has 0 fully saturated rings. The fourth-order valence-corrected chi connectivity index (χ4v) is 5.66. The van der Waals surface area contributed by atoms with E-state index in [0.717, 1.165) is 22.9 Å². The fourth-order valence-electron chi connectivity index (χ4n) is 5.66. The summed E-state index contributed by atoms with van der Waals surface area (Å²) in [6, 6.07) is 20.8. The third-order valence-corrected chi connectivity index (χ3v) is 8.48. The molecule has 0 saturated heterocycles. The first-order valence-corrected chi connectivity index (χ1v) is 15.8. The molecule has 1 aliphatic heterocycles. The Balaban J connectivity index is 1.34. The Morgan fingerprint density at radius 2 is 1.67 bits per heavy atom. The number of hydrogen-bond donors (Lipinski definition) is 4. The molecule has 13 heteroatoms. The maximum atomic E-state index is 13.6. The number of fused-ring (bicyclic) bond motifs is 2. The third-order valence-electron chi connectivity index (χ3n) is 8.48. The summed E-state index contributed by atoms with van der Waals surface area (Å²) in [5.41, 5.74) is 0.918. The van der Waals surface area contributed by atoms with Gasteiger partial charge in [0.25, 0.3) is 0 Å². The van der Waals surface area contributed by atoms with Gasteiger partial charge < -0.3 is 35.6 Å². The summed E-state index contributed by atoms with van der Waals surface area (Å²) in [5, 5.41) is 20.1. The Morgan fingerprint density at radius 3 is 2.39 bits per heavy atom. The maximum absolute atomic E-state index is 13.6. The number of amides is 5. The second kappa shape index (κ2) is 14.9. The van der Waals surface area contributed by atoms with Gasteiger partial charge in [0.15, 0.2) is 0 Å². The van der Waals surface area contributed by atoms with Crippen molar-refractivity contribution in [2.45, 2.75) is 38.6 Å². The van der Waals surface area contributed by atoms with Crippen LogP contribution in [0, 0.1) is 5.92 Å². The molecule has 49 heavy (non-hydrogen) atoms. The highest BCUT2D eigenvalue weighted by Crippen LogP contribution is 2.31. The largest absolute Gasteiger partial charge is 0.488 e. The highest BCUT2D eigenvalue weighted by molar-refractivity contribution is 6.06. The van der Waals surface area contributed by atoms with Gasteiger partial charge in [-0.1, -0.05) is 43.3 Å². The van der Waals surface area contributed by atoms with E-state index in [4.69, 9.17) is 4.74 Å². The minimum absolute atomic E-state index is 0.0655. The average Bonchev–Trinajstić information content (AvgIpc) is 3.11. The zero-order chi connectivity index (χ0) is 35.3. The highest BCUT2D eigenvalue weighted by atomic mass is 19.4. The van der Waals surface area contributed by atoms with Gasteiger partial charge in [0.05, 0.1) is 36.9 Å². The number of anilines is 3. The normalized spacial score (nSPS) is 17.1. The molecule has 0 aromatic heterocycles. The van der Waals surface area contributed by atoms with Gasteiger partial charge in [-0.05, 0) is 60.8 Å². The number of aliphatic hydroxyl groups excluding tert-OH is 1. The van der Waals surface area contributed by atoms with Crippen LogP contribution in [0.15, 0.2) is 84.9 Å². The van der Waals surface area contributed by atoms with Crippen molar-refractivity contribution in [3.8, 4) is 5.75 Å². The van der Waals surface area contributed by atoms with E-state index in [1.807, 2.05) is 43.3 Å². The highest BCUT2D eigenvalue weighted by Gasteiger charge is 2.33. The number of carbonyl (C=O) groups excluding carboxylic acids is 3. The smallest absolute Gasteiger partial charge is 0.416 e. The first-order chi connectivity index (χ1) is 23.3. The van der Waals surface area contributed by atoms with E-state index in [1.54, 1.807) is 36.1 Å². The quantitative estimate of drug-likeness (QED) is 0.171. The molecule has 4 aromatic rings. The molecule has 4 N–H and O–H groups in total. The lowest BCUT2D eigenvalue weighted by Crippen LogP contribution is -2.48. The van der Waals surface area contributed by atoms with E-state index < -0.39 is 35.9 Å². The number of nitrogens with one attached hydrogen (secondary N) is 3. The molecule has 4 aromatic carbocycles. The number of halogens is 3. The number of urea groups is 2. The van der Waals surface area contributed by atoms with Crippen molar-refractivity contribution in [3.05, 3.63) is 96.1 Å². The summed E-state index contributed by atoms with van der Waals surface area (Å²) in [7, 11) is 1.53. The second-order valence-electron chi connectivity index (χ2n) is 12.2. The van der Waals surface area contributed by atoms with Gasteiger partial charge in [-0.25, -0.2) is 9.59 Å². The van der Waals surface area contributed by atoms with Crippen molar-refractivity contribution < 1.29 is 37.4 Å². The molecular formula is C36H38F3N5O5. The molecule has 0 aliphatic carbocycles. The predicted octanol–water partition coefficient (Wildman–Crippen LogP) is 6.82. The molecule has 3 atom stereocenters. The molecular weight excluding hydrogens is 639 g/mol. The molecule has 0 radical (unpaired) electrons. The van der Waals surface area contributed by atoms with Crippen molar-refractivity contribution in [2.75, 3.05) is 42.7 Å². The van der Waals surface area contributed by atoms with Crippen LogP contribution in [-0.4, -0.2) is 71.8 Å². The Bertz CT molecular complexity index is 1810. The van der Waals surface area contributed by atoms with Crippen molar-refractivity contribution >= 4 is 45.8 Å². The fraction of sp³-hybridized carbons (Fsp3) is 0.306. The van der Waals surface area contributed by atoms with Crippen LogP contribution in [-0.2, 0) is 17.4 Å². The first-order valence-electron chi connectivity index (χ1n) is 15.8. The molecule has 5 amide bonds. The van der Waals surface area contributed by atoms with Gasteiger partial charge in [0, 0.05) is 41.8 Å². The van der Waals surface area contributed by atoms with E-state index in [-0.39, 0.29) is 43.6 Å². The van der Waals surface area contributed by atoms with Crippen molar-refractivity contribution in [1.82, 2.24) is 9.80 Å². The summed E-state index contributed by atoms with van der Waals surface area (Å²) in [5.74, 6) is -0.167. The predicted molar refractivity (Wildman–Crippen MR) is 182 cm³/mol. The number of ether oxygens (including phenoxy) is 1. The third kappa shape index (κ3) is 8.60. The molecule has 0 saturated carbocycles. The number of likely N-dealkylation sites (N-methyl/N-ethyl adjacent to an activating group) is 1. The van der Waals surface area contributed by atoms with Gasteiger partial charge >= 0.3 is 18.2 Å². The molecule has 0 bridgehead atoms. The number of alkyl halides is 3. The molecule has 0 unspecified atom stereocenters. The summed E-state index contributed by atoms with van der Waals surface area (Å²) >= 11 is 0. The van der Waals surface area contributed by atoms with E-state index in [0.29, 0.717) is 22.7 Å². The number of nitrogens with zero attached hydrogens (tertiary/aromatic N) is 2. The van der Waals surface area contributed by atoms with Crippen LogP contribution >= 0.6 is 0 Å². The van der Waals surface area contributed by atoms with Crippen LogP contribution in [0.25, 0.3) is 10.8 Å². The number of benzene rings is 4. The zero-order valence-corrected chi connectivity index (χ0v) is 27.3. The lowest BCUT2D eigenvalue weighted by atomic mass is 10.0. The van der Waals surface area contributed by atoms with Gasteiger partial charge in [0.1, 0.15) is 11.9 Å². The van der Waals surface area contributed by atoms with Crippen molar-refractivity contribution in [3.63, 3.8) is 0 Å². The Labute approximate surface area is 281 Å². The standard InChI is InChI=1S/C36H38F3N5O5/c1-22-19-44(23(2)21-45)33(46)18-25-17-28(40-34(47)42-30-10-6-8-24-7-4-5-9-29(24)30)15-16-31(25)49-32(22)20-43(3)35(48)41-27-13-11-26(12-14-27)36(37,38)39/h4-17,22-23,32,45H,18-21H2,1-3H3,(H,41,48)(H2,40,42,47)/t22-,23-,32-/m1/s1. The van der Waals surface area contributed by atoms with Gasteiger partial charge in [-0.3, -0.25) is 4.79 Å². The molecule has 258 valence electrons. The number of carbonyl (C=O) groups is 3. The lowest BCUT2D eigenvalue weighted by Gasteiger charge is -2.34. The topological polar surface area (TPSA) is 123 Å². The molecule has 0 spiro atoms. The van der Waals surface area contributed by atoms with Crippen molar-refractivity contribution in [1.29, 1.82) is 0 Å². The molecule has 1 heterocycles. The Hall–Kier alpha value is -5.30. The van der Waals surface area contributed by atoms with E-state index in [9.17, 15) is 32.7 Å². The van der Waals surface area contributed by atoms with Crippen LogP contribution in [0.3, 0.4) is 0 Å². The number of hydrogen-bond acceptors (Lipinski definition) is 5. The number of aliphatic hydroxyl groups is 1. The van der Waals surface area contributed by atoms with E-state index in [1.165, 1.54) is 24.1 Å². The Kier molecular flexibility index (Phi) is 10.6. The molecule has 5 rings (SSSR count). The first kappa shape index (κ1) is 35.0.